The van der Waals surface area contributed by atoms with Crippen LogP contribution >= 0.6 is 11.6 Å². The Morgan fingerprint density at radius 3 is 3.00 bits per heavy atom. The minimum absolute atomic E-state index is 0.131. The molecule has 0 saturated carbocycles. The predicted molar refractivity (Wildman–Crippen MR) is 48.8 cm³/mol. The molecule has 0 aliphatic carbocycles. The third-order valence-corrected chi connectivity index (χ3v) is 1.95. The van der Waals surface area contributed by atoms with Crippen molar-refractivity contribution in [2.24, 2.45) is 0 Å². The number of rotatable bonds is 0. The monoisotopic (exact) mass is 213 g/mol. The van der Waals surface area contributed by atoms with E-state index in [4.69, 9.17) is 16.7 Å². The molecule has 0 spiro atoms. The van der Waals surface area contributed by atoms with E-state index in [1.54, 1.807) is 0 Å². The van der Waals surface area contributed by atoms with Crippen molar-refractivity contribution in [2.45, 2.75) is 0 Å². The van der Waals surface area contributed by atoms with Crippen molar-refractivity contribution in [3.8, 4) is 0 Å². The van der Waals surface area contributed by atoms with E-state index >= 15 is 0 Å². The fraction of sp³-hybridized carbons (Fsp3) is 0. The first-order valence-corrected chi connectivity index (χ1v) is 3.97. The van der Waals surface area contributed by atoms with Crippen molar-refractivity contribution in [3.63, 3.8) is 0 Å². The molecule has 14 heavy (non-hydrogen) atoms. The van der Waals surface area contributed by atoms with Gasteiger partial charge in [0, 0.05) is 12.3 Å². The lowest BCUT2D eigenvalue weighted by Gasteiger charge is -1.95. The van der Waals surface area contributed by atoms with E-state index in [9.17, 15) is 9.59 Å². The van der Waals surface area contributed by atoms with Gasteiger partial charge < -0.3 is 5.11 Å². The molecule has 0 atom stereocenters. The highest BCUT2D eigenvalue weighted by Crippen LogP contribution is 2.12. The summed E-state index contributed by atoms with van der Waals surface area (Å²) in [6.07, 6.45) is -0.0463. The second-order valence-electron chi connectivity index (χ2n) is 2.58. The predicted octanol–water partition coefficient (Wildman–Crippen LogP) is 0.904. The number of nitrogens with one attached hydrogen (secondary N) is 1. The second-order valence-corrected chi connectivity index (χ2v) is 2.97. The Labute approximate surface area is 81.7 Å². The molecule has 0 radical (unpaired) electrons. The molecule has 0 amide bonds. The molecule has 0 bridgehead atoms. The van der Waals surface area contributed by atoms with Crippen LogP contribution in [-0.2, 0) is 0 Å². The number of fused-ring (bicyclic) bond motifs is 1. The van der Waals surface area contributed by atoms with Crippen molar-refractivity contribution in [1.82, 2.24) is 14.8 Å². The van der Waals surface area contributed by atoms with Crippen LogP contribution in [0.3, 0.4) is 0 Å². The highest BCUT2D eigenvalue weighted by molar-refractivity contribution is 6.30. The minimum atomic E-state index is -1.28. The summed E-state index contributed by atoms with van der Waals surface area (Å²) in [6, 6.07) is 1.31. The summed E-state index contributed by atoms with van der Waals surface area (Å²) in [7, 11) is 0. The summed E-state index contributed by atoms with van der Waals surface area (Å²) >= 11 is 5.57. The maximum absolute atomic E-state index is 11.2. The van der Waals surface area contributed by atoms with Crippen LogP contribution in [0.2, 0.25) is 5.15 Å². The standard InChI is InChI=1S/C7H4ClN3O3/c8-5-1-4-3(2-9-5)6(12)10-11(4)7(13)14/h1-2H,(H,10,12)(H,13,14). The molecule has 2 aromatic heterocycles. The van der Waals surface area contributed by atoms with Gasteiger partial charge in [-0.05, 0) is 0 Å². The van der Waals surface area contributed by atoms with Crippen molar-refractivity contribution >= 4 is 28.6 Å². The molecule has 2 rings (SSSR count). The van der Waals surface area contributed by atoms with Gasteiger partial charge in [0.15, 0.2) is 0 Å². The Bertz CT molecular complexity index is 571. The number of pyridine rings is 1. The molecule has 0 aliphatic heterocycles. The normalized spacial score (nSPS) is 10.6. The van der Waals surface area contributed by atoms with Crippen LogP contribution in [0.4, 0.5) is 4.79 Å². The molecule has 0 fully saturated rings. The lowest BCUT2D eigenvalue weighted by atomic mass is 10.3. The van der Waals surface area contributed by atoms with Crippen LogP contribution in [0.1, 0.15) is 0 Å². The second kappa shape index (κ2) is 2.85. The van der Waals surface area contributed by atoms with Gasteiger partial charge in [-0.25, -0.2) is 9.78 Å². The lowest BCUT2D eigenvalue weighted by molar-refractivity contribution is 0.194. The fourth-order valence-electron chi connectivity index (χ4n) is 1.15. The first-order chi connectivity index (χ1) is 6.59. The van der Waals surface area contributed by atoms with Crippen LogP contribution in [0.15, 0.2) is 17.1 Å². The van der Waals surface area contributed by atoms with Crippen molar-refractivity contribution in [1.29, 1.82) is 0 Å². The van der Waals surface area contributed by atoms with Crippen molar-refractivity contribution < 1.29 is 9.90 Å². The van der Waals surface area contributed by atoms with Crippen molar-refractivity contribution in [2.75, 3.05) is 0 Å². The Hall–Kier alpha value is -1.82. The zero-order chi connectivity index (χ0) is 10.3. The Morgan fingerprint density at radius 1 is 1.64 bits per heavy atom. The minimum Gasteiger partial charge on any atom is -0.463 e. The topological polar surface area (TPSA) is 88.0 Å². The fourth-order valence-corrected chi connectivity index (χ4v) is 1.31. The van der Waals surface area contributed by atoms with Crippen LogP contribution in [-0.4, -0.2) is 26.0 Å². The van der Waals surface area contributed by atoms with Crippen molar-refractivity contribution in [3.05, 3.63) is 27.8 Å². The maximum Gasteiger partial charge on any atom is 0.431 e. The van der Waals surface area contributed by atoms with E-state index in [-0.39, 0.29) is 16.1 Å². The van der Waals surface area contributed by atoms with E-state index in [2.05, 4.69) is 10.1 Å². The number of hydrogen-bond donors (Lipinski definition) is 2. The van der Waals surface area contributed by atoms with Gasteiger partial charge in [0.2, 0.25) is 0 Å². The molecule has 2 heterocycles. The number of carboxylic acid groups (broad SMARTS) is 1. The zero-order valence-electron chi connectivity index (χ0n) is 6.69. The van der Waals surface area contributed by atoms with E-state index in [0.29, 0.717) is 4.68 Å². The molecule has 6 nitrogen and oxygen atoms in total. The van der Waals surface area contributed by atoms with Gasteiger partial charge in [-0.2, -0.15) is 4.68 Å². The summed E-state index contributed by atoms with van der Waals surface area (Å²) in [5, 5.41) is 11.2. The van der Waals surface area contributed by atoms with Gasteiger partial charge in [0.05, 0.1) is 10.9 Å². The number of hydrogen-bond acceptors (Lipinski definition) is 3. The maximum atomic E-state index is 11.2. The number of aromatic amines is 1. The molecule has 2 N–H and O–H groups in total. The highest BCUT2D eigenvalue weighted by atomic mass is 35.5. The third-order valence-electron chi connectivity index (χ3n) is 1.74. The molecule has 0 saturated heterocycles. The van der Waals surface area contributed by atoms with Crippen LogP contribution in [0.5, 0.6) is 0 Å². The summed E-state index contributed by atoms with van der Waals surface area (Å²) < 4.78 is 0.700. The summed E-state index contributed by atoms with van der Waals surface area (Å²) in [5.74, 6) is 0. The molecular weight excluding hydrogens is 210 g/mol. The third kappa shape index (κ3) is 1.16. The van der Waals surface area contributed by atoms with E-state index in [1.807, 2.05) is 0 Å². The van der Waals surface area contributed by atoms with Gasteiger partial charge in [-0.1, -0.05) is 11.6 Å². The van der Waals surface area contributed by atoms with Crippen LogP contribution < -0.4 is 5.56 Å². The molecular formula is C7H4ClN3O3. The Morgan fingerprint density at radius 2 is 2.36 bits per heavy atom. The number of H-pyrrole nitrogens is 1. The van der Waals surface area contributed by atoms with Gasteiger partial charge >= 0.3 is 6.09 Å². The molecule has 0 unspecified atom stereocenters. The van der Waals surface area contributed by atoms with E-state index in [0.717, 1.165) is 0 Å². The average Bonchev–Trinajstić information content (AvgIpc) is 2.43. The number of aromatic nitrogens is 3. The van der Waals surface area contributed by atoms with Crippen LogP contribution in [0.25, 0.3) is 10.9 Å². The zero-order valence-corrected chi connectivity index (χ0v) is 7.45. The molecule has 0 aromatic carbocycles. The van der Waals surface area contributed by atoms with Gasteiger partial charge in [0.1, 0.15) is 5.15 Å². The first kappa shape index (κ1) is 8.76. The molecule has 7 heteroatoms. The lowest BCUT2D eigenvalue weighted by Crippen LogP contribution is -2.12. The van der Waals surface area contributed by atoms with Gasteiger partial charge in [-0.15, -0.1) is 0 Å². The first-order valence-electron chi connectivity index (χ1n) is 3.59. The van der Waals surface area contributed by atoms with Gasteiger partial charge in [-0.3, -0.25) is 9.89 Å². The largest absolute Gasteiger partial charge is 0.463 e. The SMILES string of the molecule is O=C(O)n1[nH]c(=O)c2cnc(Cl)cc21. The smallest absolute Gasteiger partial charge is 0.431 e. The van der Waals surface area contributed by atoms with Gasteiger partial charge in [0.25, 0.3) is 5.56 Å². The number of nitrogens with zero attached hydrogens (tertiary/aromatic N) is 2. The summed E-state index contributed by atoms with van der Waals surface area (Å²) in [6.45, 7) is 0. The van der Waals surface area contributed by atoms with E-state index in [1.165, 1.54) is 12.3 Å². The summed E-state index contributed by atoms with van der Waals surface area (Å²) in [4.78, 5) is 25.5. The number of halogens is 1. The van der Waals surface area contributed by atoms with E-state index < -0.39 is 11.7 Å². The quantitative estimate of drug-likeness (QED) is 0.637. The summed E-state index contributed by atoms with van der Waals surface area (Å²) in [5.41, 5.74) is -0.311. The number of carbonyl (C=O) groups is 1. The molecule has 2 aromatic rings. The Balaban J connectivity index is 2.93. The Kier molecular flexibility index (Phi) is 1.78. The molecule has 0 aliphatic rings. The highest BCUT2D eigenvalue weighted by Gasteiger charge is 2.11. The molecule has 72 valence electrons. The van der Waals surface area contributed by atoms with Crippen LogP contribution in [0, 0.1) is 0 Å². The average molecular weight is 214 g/mol.